The van der Waals surface area contributed by atoms with E-state index >= 15 is 0 Å². The van der Waals surface area contributed by atoms with Crippen LogP contribution in [0.25, 0.3) is 33.4 Å². The van der Waals surface area contributed by atoms with E-state index in [1.807, 2.05) is 22.9 Å². The maximum atomic E-state index is 6.17. The zero-order valence-corrected chi connectivity index (χ0v) is 15.1. The maximum Gasteiger partial charge on any atom is 0.164 e. The molecule has 2 aromatic heterocycles. The first kappa shape index (κ1) is 16.3. The van der Waals surface area contributed by atoms with Crippen LogP contribution in [0, 0.1) is 0 Å². The van der Waals surface area contributed by atoms with Crippen molar-refractivity contribution in [3.63, 3.8) is 0 Å². The van der Waals surface area contributed by atoms with Crippen LogP contribution in [0.3, 0.4) is 0 Å². The van der Waals surface area contributed by atoms with Crippen LogP contribution in [0.15, 0.2) is 60.9 Å². The van der Waals surface area contributed by atoms with Crippen molar-refractivity contribution in [2.45, 2.75) is 26.3 Å². The van der Waals surface area contributed by atoms with Gasteiger partial charge in [0.05, 0.1) is 10.9 Å². The molecule has 26 heavy (non-hydrogen) atoms. The largest absolute Gasteiger partial charge is 0.383 e. The van der Waals surface area contributed by atoms with Crippen LogP contribution in [0.2, 0.25) is 0 Å². The molecule has 0 saturated heterocycles. The van der Waals surface area contributed by atoms with Gasteiger partial charge in [0.25, 0.3) is 0 Å². The number of hydrogen-bond acceptors (Lipinski definition) is 4. The van der Waals surface area contributed by atoms with Gasteiger partial charge in [0.1, 0.15) is 17.8 Å². The van der Waals surface area contributed by atoms with Crippen molar-refractivity contribution in [3.8, 4) is 22.4 Å². The van der Waals surface area contributed by atoms with E-state index in [9.17, 15) is 0 Å². The molecule has 0 radical (unpaired) electrons. The number of aromatic nitrogens is 4. The summed E-state index contributed by atoms with van der Waals surface area (Å²) in [5.74, 6) is 0.452. The van der Waals surface area contributed by atoms with Gasteiger partial charge in [-0.2, -0.15) is 5.10 Å². The number of hydrogen-bond donors (Lipinski definition) is 1. The average molecular weight is 343 g/mol. The van der Waals surface area contributed by atoms with Crippen LogP contribution >= 0.6 is 0 Å². The SMILES string of the molecule is CC(C)(C)n1nc(-c2ccc(-c3ccccc3)cc2)c2c(N)ncnc21. The smallest absolute Gasteiger partial charge is 0.164 e. The van der Waals surface area contributed by atoms with Gasteiger partial charge >= 0.3 is 0 Å². The Kier molecular flexibility index (Phi) is 3.72. The second kappa shape index (κ2) is 5.95. The van der Waals surface area contributed by atoms with Crippen molar-refractivity contribution < 1.29 is 0 Å². The molecular formula is C21H21N5. The molecule has 0 amide bonds. The third-order valence-corrected chi connectivity index (χ3v) is 4.39. The molecule has 0 aliphatic rings. The molecule has 2 aromatic carbocycles. The summed E-state index contributed by atoms with van der Waals surface area (Å²) in [6, 6.07) is 18.7. The molecule has 5 heteroatoms. The van der Waals surface area contributed by atoms with E-state index in [1.165, 1.54) is 11.9 Å². The summed E-state index contributed by atoms with van der Waals surface area (Å²) >= 11 is 0. The Hall–Kier alpha value is -3.21. The van der Waals surface area contributed by atoms with Crippen LogP contribution in [-0.2, 0) is 5.54 Å². The number of rotatable bonds is 2. The molecule has 4 rings (SSSR count). The van der Waals surface area contributed by atoms with Gasteiger partial charge in [-0.3, -0.25) is 0 Å². The van der Waals surface area contributed by atoms with Gasteiger partial charge in [0.2, 0.25) is 0 Å². The monoisotopic (exact) mass is 343 g/mol. The summed E-state index contributed by atoms with van der Waals surface area (Å²) in [5.41, 5.74) is 10.9. The molecule has 0 saturated carbocycles. The standard InChI is InChI=1S/C21H21N5/c1-21(2,3)26-20-17(19(22)23-13-24-20)18(25-26)16-11-9-15(10-12-16)14-7-5-4-6-8-14/h4-13H,1-3H3,(H2,22,23,24). The average Bonchev–Trinajstić information content (AvgIpc) is 3.04. The first-order valence-corrected chi connectivity index (χ1v) is 8.61. The zero-order valence-electron chi connectivity index (χ0n) is 15.1. The molecule has 4 aromatic rings. The molecule has 0 aliphatic carbocycles. The van der Waals surface area contributed by atoms with E-state index in [-0.39, 0.29) is 5.54 Å². The molecule has 0 atom stereocenters. The lowest BCUT2D eigenvalue weighted by Gasteiger charge is -2.19. The second-order valence-corrected chi connectivity index (χ2v) is 7.33. The third-order valence-electron chi connectivity index (χ3n) is 4.39. The molecule has 0 aliphatic heterocycles. The highest BCUT2D eigenvalue weighted by Gasteiger charge is 2.23. The topological polar surface area (TPSA) is 69.6 Å². The number of benzene rings is 2. The van der Waals surface area contributed by atoms with Crippen LogP contribution in [0.5, 0.6) is 0 Å². The maximum absolute atomic E-state index is 6.17. The molecule has 0 unspecified atom stereocenters. The Morgan fingerprint density at radius 1 is 0.808 bits per heavy atom. The number of nitrogens with two attached hydrogens (primary N) is 1. The number of fused-ring (bicyclic) bond motifs is 1. The minimum absolute atomic E-state index is 0.207. The summed E-state index contributed by atoms with van der Waals surface area (Å²) in [6.07, 6.45) is 1.49. The minimum Gasteiger partial charge on any atom is -0.383 e. The number of nitrogen functional groups attached to an aromatic ring is 1. The Morgan fingerprint density at radius 3 is 2.08 bits per heavy atom. The number of nitrogens with zero attached hydrogens (tertiary/aromatic N) is 4. The quantitative estimate of drug-likeness (QED) is 0.582. The molecule has 130 valence electrons. The highest BCUT2D eigenvalue weighted by Crippen LogP contribution is 2.33. The molecule has 2 N–H and O–H groups in total. The first-order valence-electron chi connectivity index (χ1n) is 8.61. The van der Waals surface area contributed by atoms with E-state index < -0.39 is 0 Å². The fourth-order valence-electron chi connectivity index (χ4n) is 3.10. The van der Waals surface area contributed by atoms with Crippen LogP contribution in [0.1, 0.15) is 20.8 Å². The van der Waals surface area contributed by atoms with Crippen molar-refractivity contribution >= 4 is 16.9 Å². The van der Waals surface area contributed by atoms with Gasteiger partial charge in [-0.25, -0.2) is 14.6 Å². The Bertz CT molecular complexity index is 1060. The Morgan fingerprint density at radius 2 is 1.42 bits per heavy atom. The van der Waals surface area contributed by atoms with E-state index in [0.29, 0.717) is 5.82 Å². The molecule has 0 fully saturated rings. The van der Waals surface area contributed by atoms with Crippen LogP contribution < -0.4 is 5.73 Å². The summed E-state index contributed by atoms with van der Waals surface area (Å²) in [6.45, 7) is 6.29. The fraction of sp³-hybridized carbons (Fsp3) is 0.190. The van der Waals surface area contributed by atoms with E-state index in [4.69, 9.17) is 10.8 Å². The molecular weight excluding hydrogens is 322 g/mol. The van der Waals surface area contributed by atoms with Gasteiger partial charge in [-0.05, 0) is 31.9 Å². The molecule has 0 spiro atoms. The van der Waals surface area contributed by atoms with Gasteiger partial charge < -0.3 is 5.73 Å². The normalized spacial score (nSPS) is 11.8. The summed E-state index contributed by atoms with van der Waals surface area (Å²) in [5, 5.41) is 5.63. The zero-order chi connectivity index (χ0) is 18.3. The van der Waals surface area contributed by atoms with Crippen molar-refractivity contribution in [2.75, 3.05) is 5.73 Å². The fourth-order valence-corrected chi connectivity index (χ4v) is 3.10. The third kappa shape index (κ3) is 2.71. The van der Waals surface area contributed by atoms with Crippen LogP contribution in [0.4, 0.5) is 5.82 Å². The van der Waals surface area contributed by atoms with Crippen molar-refractivity contribution in [1.82, 2.24) is 19.7 Å². The predicted octanol–water partition coefficient (Wildman–Crippen LogP) is 4.50. The molecule has 2 heterocycles. The summed E-state index contributed by atoms with van der Waals surface area (Å²) in [7, 11) is 0. The van der Waals surface area contributed by atoms with Gasteiger partial charge in [0, 0.05) is 5.56 Å². The summed E-state index contributed by atoms with van der Waals surface area (Å²) < 4.78 is 1.92. The van der Waals surface area contributed by atoms with E-state index in [1.54, 1.807) is 0 Å². The first-order chi connectivity index (χ1) is 12.4. The van der Waals surface area contributed by atoms with Crippen molar-refractivity contribution in [3.05, 3.63) is 60.9 Å². The highest BCUT2D eigenvalue weighted by atomic mass is 15.3. The van der Waals surface area contributed by atoms with Crippen LogP contribution in [-0.4, -0.2) is 19.7 Å². The van der Waals surface area contributed by atoms with Gasteiger partial charge in [-0.15, -0.1) is 0 Å². The van der Waals surface area contributed by atoms with E-state index in [0.717, 1.165) is 27.9 Å². The second-order valence-electron chi connectivity index (χ2n) is 7.33. The lowest BCUT2D eigenvalue weighted by atomic mass is 10.0. The molecule has 5 nitrogen and oxygen atoms in total. The summed E-state index contributed by atoms with van der Waals surface area (Å²) in [4.78, 5) is 8.60. The van der Waals surface area contributed by atoms with Crippen molar-refractivity contribution in [2.24, 2.45) is 0 Å². The van der Waals surface area contributed by atoms with E-state index in [2.05, 4.69) is 67.1 Å². The molecule has 0 bridgehead atoms. The Labute approximate surface area is 152 Å². The lowest BCUT2D eigenvalue weighted by Crippen LogP contribution is -2.23. The lowest BCUT2D eigenvalue weighted by molar-refractivity contribution is 0.367. The minimum atomic E-state index is -0.207. The van der Waals surface area contributed by atoms with Crippen molar-refractivity contribution in [1.29, 1.82) is 0 Å². The Balaban J connectivity index is 1.87. The van der Waals surface area contributed by atoms with Gasteiger partial charge in [-0.1, -0.05) is 54.6 Å². The van der Waals surface area contributed by atoms with Gasteiger partial charge in [0.15, 0.2) is 5.65 Å². The highest BCUT2D eigenvalue weighted by molar-refractivity contribution is 5.98. The number of anilines is 1. The predicted molar refractivity (Wildman–Crippen MR) is 106 cm³/mol.